The highest BCUT2D eigenvalue weighted by Crippen LogP contribution is 2.25. The molecule has 1 heterocycles. The van der Waals surface area contributed by atoms with Crippen molar-refractivity contribution in [3.05, 3.63) is 65.5 Å². The van der Waals surface area contributed by atoms with Crippen molar-refractivity contribution in [1.82, 2.24) is 10.2 Å². The average molecular weight is 314 g/mol. The van der Waals surface area contributed by atoms with Crippen LogP contribution in [0, 0.1) is 5.82 Å². The van der Waals surface area contributed by atoms with Crippen LogP contribution in [0.2, 0.25) is 0 Å². The van der Waals surface area contributed by atoms with Gasteiger partial charge in [0.2, 0.25) is 0 Å². The van der Waals surface area contributed by atoms with Gasteiger partial charge in [0.05, 0.1) is 13.2 Å². The number of ether oxygens (including phenoxy) is 1. The van der Waals surface area contributed by atoms with Gasteiger partial charge >= 0.3 is 0 Å². The van der Waals surface area contributed by atoms with Crippen molar-refractivity contribution < 1.29 is 13.9 Å². The molecule has 0 aromatic heterocycles. The van der Waals surface area contributed by atoms with Crippen molar-refractivity contribution >= 4 is 5.91 Å². The Balaban J connectivity index is 1.90. The second-order valence-electron chi connectivity index (χ2n) is 5.51. The first-order chi connectivity index (χ1) is 11.2. The van der Waals surface area contributed by atoms with Gasteiger partial charge in [0.25, 0.3) is 5.91 Å². The normalized spacial score (nSPS) is 17.8. The Kier molecular flexibility index (Phi) is 4.57. The number of benzene rings is 2. The molecule has 120 valence electrons. The van der Waals surface area contributed by atoms with Gasteiger partial charge < -0.3 is 15.0 Å². The number of piperazine rings is 1. The third-order valence-electron chi connectivity index (χ3n) is 4.05. The molecule has 1 aliphatic heterocycles. The van der Waals surface area contributed by atoms with Gasteiger partial charge in [-0.2, -0.15) is 0 Å². The first-order valence-electron chi connectivity index (χ1n) is 7.60. The lowest BCUT2D eigenvalue weighted by molar-refractivity contribution is 0.0633. The summed E-state index contributed by atoms with van der Waals surface area (Å²) in [6.45, 7) is 1.91. The van der Waals surface area contributed by atoms with Crippen LogP contribution in [0.4, 0.5) is 4.39 Å². The summed E-state index contributed by atoms with van der Waals surface area (Å²) in [4.78, 5) is 14.7. The van der Waals surface area contributed by atoms with Gasteiger partial charge in [-0.05, 0) is 35.9 Å². The molecule has 2 aromatic carbocycles. The molecule has 2 aromatic rings. The molecule has 0 spiro atoms. The molecule has 4 nitrogen and oxygen atoms in total. The zero-order valence-corrected chi connectivity index (χ0v) is 13.0. The van der Waals surface area contributed by atoms with Gasteiger partial charge in [0, 0.05) is 25.2 Å². The second kappa shape index (κ2) is 6.79. The topological polar surface area (TPSA) is 41.6 Å². The van der Waals surface area contributed by atoms with Gasteiger partial charge in [-0.15, -0.1) is 0 Å². The molecule has 1 saturated heterocycles. The summed E-state index contributed by atoms with van der Waals surface area (Å²) in [5.41, 5.74) is 1.38. The number of carbonyl (C=O) groups is 1. The van der Waals surface area contributed by atoms with E-state index in [1.807, 2.05) is 6.07 Å². The van der Waals surface area contributed by atoms with Gasteiger partial charge in [0.1, 0.15) is 11.6 Å². The molecule has 1 N–H and O–H groups in total. The molecule has 0 saturated carbocycles. The van der Waals surface area contributed by atoms with Crippen LogP contribution >= 0.6 is 0 Å². The van der Waals surface area contributed by atoms with Crippen LogP contribution in [0.5, 0.6) is 5.75 Å². The third-order valence-corrected chi connectivity index (χ3v) is 4.05. The Labute approximate surface area is 134 Å². The monoisotopic (exact) mass is 314 g/mol. The lowest BCUT2D eigenvalue weighted by Gasteiger charge is -2.36. The van der Waals surface area contributed by atoms with Crippen LogP contribution in [-0.2, 0) is 0 Å². The van der Waals surface area contributed by atoms with E-state index in [4.69, 9.17) is 4.74 Å². The maximum absolute atomic E-state index is 13.5. The minimum Gasteiger partial charge on any atom is -0.497 e. The molecule has 0 bridgehead atoms. The number of rotatable bonds is 3. The minimum absolute atomic E-state index is 0.0698. The van der Waals surface area contributed by atoms with Crippen LogP contribution in [0.25, 0.3) is 0 Å². The van der Waals surface area contributed by atoms with E-state index in [0.29, 0.717) is 24.4 Å². The third kappa shape index (κ3) is 3.35. The maximum atomic E-state index is 13.5. The maximum Gasteiger partial charge on any atom is 0.254 e. The quantitative estimate of drug-likeness (QED) is 0.947. The van der Waals surface area contributed by atoms with E-state index in [2.05, 4.69) is 5.32 Å². The highest BCUT2D eigenvalue weighted by molar-refractivity contribution is 5.95. The van der Waals surface area contributed by atoms with Crippen LogP contribution in [0.3, 0.4) is 0 Å². The highest BCUT2D eigenvalue weighted by Gasteiger charge is 2.28. The van der Waals surface area contributed by atoms with Crippen molar-refractivity contribution in [2.45, 2.75) is 6.04 Å². The first kappa shape index (κ1) is 15.5. The predicted octanol–water partition coefficient (Wildman–Crippen LogP) is 2.62. The molecule has 23 heavy (non-hydrogen) atoms. The summed E-state index contributed by atoms with van der Waals surface area (Å²) in [5, 5.41) is 3.27. The van der Waals surface area contributed by atoms with Crippen molar-refractivity contribution in [3.63, 3.8) is 0 Å². The van der Waals surface area contributed by atoms with Crippen molar-refractivity contribution in [1.29, 1.82) is 0 Å². The van der Waals surface area contributed by atoms with Gasteiger partial charge in [-0.3, -0.25) is 4.79 Å². The molecular weight excluding hydrogens is 295 g/mol. The van der Waals surface area contributed by atoms with E-state index < -0.39 is 0 Å². The predicted molar refractivity (Wildman–Crippen MR) is 86.0 cm³/mol. The van der Waals surface area contributed by atoms with E-state index in [-0.39, 0.29) is 17.8 Å². The summed E-state index contributed by atoms with van der Waals surface area (Å²) >= 11 is 0. The van der Waals surface area contributed by atoms with Crippen molar-refractivity contribution in [2.24, 2.45) is 0 Å². The van der Waals surface area contributed by atoms with Crippen molar-refractivity contribution in [3.8, 4) is 5.75 Å². The van der Waals surface area contributed by atoms with Crippen LogP contribution in [-0.4, -0.2) is 37.6 Å². The molecule has 0 aliphatic carbocycles. The average Bonchev–Trinajstić information content (AvgIpc) is 2.61. The molecule has 5 heteroatoms. The first-order valence-corrected chi connectivity index (χ1v) is 7.60. The smallest absolute Gasteiger partial charge is 0.254 e. The number of amides is 1. The summed E-state index contributed by atoms with van der Waals surface area (Å²) in [6.07, 6.45) is 0. The lowest BCUT2D eigenvalue weighted by atomic mass is 10.0. The fourth-order valence-electron chi connectivity index (χ4n) is 2.88. The lowest BCUT2D eigenvalue weighted by Crippen LogP contribution is -2.48. The van der Waals surface area contributed by atoms with Crippen LogP contribution in [0.1, 0.15) is 22.0 Å². The molecule has 1 amide bonds. The summed E-state index contributed by atoms with van der Waals surface area (Å²) < 4.78 is 18.7. The number of halogens is 1. The van der Waals surface area contributed by atoms with E-state index in [0.717, 1.165) is 12.1 Å². The van der Waals surface area contributed by atoms with Crippen LogP contribution in [0.15, 0.2) is 48.5 Å². The van der Waals surface area contributed by atoms with Crippen molar-refractivity contribution in [2.75, 3.05) is 26.7 Å². The fraction of sp³-hybridized carbons (Fsp3) is 0.278. The molecule has 1 unspecified atom stereocenters. The molecule has 1 fully saturated rings. The van der Waals surface area contributed by atoms with Gasteiger partial charge in [0.15, 0.2) is 0 Å². The van der Waals surface area contributed by atoms with E-state index >= 15 is 0 Å². The summed E-state index contributed by atoms with van der Waals surface area (Å²) in [6, 6.07) is 13.3. The zero-order valence-electron chi connectivity index (χ0n) is 13.0. The largest absolute Gasteiger partial charge is 0.497 e. The molecular formula is C18H19FN2O2. The molecule has 1 atom stereocenters. The Hall–Kier alpha value is -2.40. The van der Waals surface area contributed by atoms with Crippen LogP contribution < -0.4 is 10.1 Å². The minimum atomic E-state index is -0.290. The fourth-order valence-corrected chi connectivity index (χ4v) is 2.88. The van der Waals surface area contributed by atoms with E-state index in [1.165, 1.54) is 12.1 Å². The van der Waals surface area contributed by atoms with E-state index in [1.54, 1.807) is 42.3 Å². The SMILES string of the molecule is COc1cccc(C(=O)N2CCNCC2c2cccc(F)c2)c1. The number of carbonyl (C=O) groups excluding carboxylic acids is 1. The summed E-state index contributed by atoms with van der Waals surface area (Å²) in [5.74, 6) is 0.287. The number of hydrogen-bond acceptors (Lipinski definition) is 3. The second-order valence-corrected chi connectivity index (χ2v) is 5.51. The zero-order chi connectivity index (χ0) is 16.2. The molecule has 0 radical (unpaired) electrons. The number of hydrogen-bond donors (Lipinski definition) is 1. The molecule has 1 aliphatic rings. The Morgan fingerprint density at radius 1 is 1.26 bits per heavy atom. The Morgan fingerprint density at radius 2 is 2.09 bits per heavy atom. The van der Waals surface area contributed by atoms with Gasteiger partial charge in [-0.25, -0.2) is 4.39 Å². The van der Waals surface area contributed by atoms with Gasteiger partial charge in [-0.1, -0.05) is 18.2 Å². The highest BCUT2D eigenvalue weighted by atomic mass is 19.1. The standard InChI is InChI=1S/C18H19FN2O2/c1-23-16-7-3-5-14(11-16)18(22)21-9-8-20-12-17(21)13-4-2-6-15(19)10-13/h2-7,10-11,17,20H,8-9,12H2,1H3. The van der Waals surface area contributed by atoms with E-state index in [9.17, 15) is 9.18 Å². The Bertz CT molecular complexity index is 705. The number of methoxy groups -OCH3 is 1. The molecule has 3 rings (SSSR count). The number of nitrogens with one attached hydrogen (secondary N) is 1. The number of nitrogens with zero attached hydrogens (tertiary/aromatic N) is 1. The Morgan fingerprint density at radius 3 is 2.87 bits per heavy atom. The summed E-state index contributed by atoms with van der Waals surface area (Å²) in [7, 11) is 1.57.